The Hall–Kier alpha value is -2.72. The van der Waals surface area contributed by atoms with E-state index in [0.29, 0.717) is 0 Å². The van der Waals surface area contributed by atoms with Crippen LogP contribution in [0.3, 0.4) is 0 Å². The van der Waals surface area contributed by atoms with E-state index in [0.717, 1.165) is 12.5 Å². The van der Waals surface area contributed by atoms with E-state index in [2.05, 4.69) is 0 Å². The molecule has 0 saturated carbocycles. The van der Waals surface area contributed by atoms with Crippen molar-refractivity contribution in [3.8, 4) is 0 Å². The molecular weight excluding hydrogens is 420 g/mol. The van der Waals surface area contributed by atoms with E-state index >= 15 is 0 Å². The number of esters is 2. The lowest BCUT2D eigenvalue weighted by atomic mass is 10.2. The number of carbonyl (C=O) groups is 2. The minimum Gasteiger partial charge on any atom is -0.462 e. The molecule has 0 heterocycles. The quantitative estimate of drug-likeness (QED) is 0.451. The Balaban J connectivity index is 1.83. The largest absolute Gasteiger partial charge is 0.462 e. The molecule has 2 aromatic rings. The highest BCUT2D eigenvalue weighted by molar-refractivity contribution is 7.91. The first-order valence-electron chi connectivity index (χ1n) is 8.43. The van der Waals surface area contributed by atoms with Crippen molar-refractivity contribution in [2.75, 3.05) is 25.7 Å². The summed E-state index contributed by atoms with van der Waals surface area (Å²) in [6.45, 7) is -0.0861. The summed E-state index contributed by atoms with van der Waals surface area (Å²) in [5, 5.41) is 0. The van der Waals surface area contributed by atoms with Crippen molar-refractivity contribution in [3.63, 3.8) is 0 Å². The standard InChI is InChI=1S/C19H20O8S2/c1-28(22,23)16-8-3-6-14(12-16)18(20)26-10-5-11-27-19(21)15-7-4-9-17(13-15)29(2,24)25/h3-4,6-9,12-13H,5,10-11H2,1-2H3. The van der Waals surface area contributed by atoms with Gasteiger partial charge >= 0.3 is 11.9 Å². The van der Waals surface area contributed by atoms with Gasteiger partial charge in [-0.2, -0.15) is 0 Å². The van der Waals surface area contributed by atoms with Crippen LogP contribution in [0.4, 0.5) is 0 Å². The topological polar surface area (TPSA) is 121 Å². The lowest BCUT2D eigenvalue weighted by Crippen LogP contribution is -2.12. The van der Waals surface area contributed by atoms with Crippen LogP contribution in [-0.4, -0.2) is 54.5 Å². The van der Waals surface area contributed by atoms with E-state index in [1.807, 2.05) is 0 Å². The Morgan fingerprint density at radius 2 is 1.10 bits per heavy atom. The molecule has 2 aromatic carbocycles. The van der Waals surface area contributed by atoms with Crippen molar-refractivity contribution in [1.82, 2.24) is 0 Å². The predicted octanol–water partition coefficient (Wildman–Crippen LogP) is 1.90. The van der Waals surface area contributed by atoms with Crippen LogP contribution in [0.2, 0.25) is 0 Å². The van der Waals surface area contributed by atoms with Gasteiger partial charge in [-0.15, -0.1) is 0 Å². The van der Waals surface area contributed by atoms with Crippen LogP contribution in [-0.2, 0) is 29.1 Å². The van der Waals surface area contributed by atoms with Gasteiger partial charge in [-0.3, -0.25) is 0 Å². The summed E-state index contributed by atoms with van der Waals surface area (Å²) in [4.78, 5) is 24.0. The van der Waals surface area contributed by atoms with Crippen LogP contribution in [0.15, 0.2) is 58.3 Å². The molecular formula is C19H20O8S2. The first-order valence-corrected chi connectivity index (χ1v) is 12.2. The van der Waals surface area contributed by atoms with Crippen LogP contribution in [0, 0.1) is 0 Å². The number of benzene rings is 2. The Morgan fingerprint density at radius 3 is 1.45 bits per heavy atom. The number of rotatable bonds is 8. The van der Waals surface area contributed by atoms with E-state index < -0.39 is 31.6 Å². The molecule has 0 atom stereocenters. The summed E-state index contributed by atoms with van der Waals surface area (Å²) >= 11 is 0. The summed E-state index contributed by atoms with van der Waals surface area (Å²) < 4.78 is 56.2. The minimum atomic E-state index is -3.44. The molecule has 10 heteroatoms. The summed E-state index contributed by atoms with van der Waals surface area (Å²) in [5.74, 6) is -1.38. The molecule has 0 saturated heterocycles. The van der Waals surface area contributed by atoms with Crippen molar-refractivity contribution >= 4 is 31.6 Å². The van der Waals surface area contributed by atoms with Gasteiger partial charge in [0, 0.05) is 18.9 Å². The van der Waals surface area contributed by atoms with Crippen LogP contribution in [0.5, 0.6) is 0 Å². The molecule has 8 nitrogen and oxygen atoms in total. The zero-order valence-electron chi connectivity index (χ0n) is 15.8. The Kier molecular flexibility index (Phi) is 7.15. The zero-order valence-corrected chi connectivity index (χ0v) is 17.5. The van der Waals surface area contributed by atoms with Crippen molar-refractivity contribution in [2.45, 2.75) is 16.2 Å². The van der Waals surface area contributed by atoms with Crippen molar-refractivity contribution in [1.29, 1.82) is 0 Å². The number of hydrogen-bond acceptors (Lipinski definition) is 8. The van der Waals surface area contributed by atoms with Gasteiger partial charge in [0.1, 0.15) is 0 Å². The average Bonchev–Trinajstić information content (AvgIpc) is 2.66. The van der Waals surface area contributed by atoms with Crippen molar-refractivity contribution in [2.24, 2.45) is 0 Å². The predicted molar refractivity (Wildman–Crippen MR) is 104 cm³/mol. The van der Waals surface area contributed by atoms with Crippen molar-refractivity contribution < 1.29 is 35.9 Å². The maximum Gasteiger partial charge on any atom is 0.338 e. The van der Waals surface area contributed by atoms with E-state index in [1.165, 1.54) is 48.5 Å². The number of hydrogen-bond donors (Lipinski definition) is 0. The number of sulfone groups is 2. The molecule has 29 heavy (non-hydrogen) atoms. The summed E-state index contributed by atoms with van der Waals surface area (Å²) in [6.07, 6.45) is 2.30. The summed E-state index contributed by atoms with van der Waals surface area (Å²) in [5.41, 5.74) is 0.199. The fraction of sp³-hybridized carbons (Fsp3) is 0.263. The molecule has 0 fully saturated rings. The fourth-order valence-corrected chi connectivity index (χ4v) is 3.60. The summed E-state index contributed by atoms with van der Waals surface area (Å²) in [6, 6.07) is 11.0. The fourth-order valence-electron chi connectivity index (χ4n) is 2.26. The average molecular weight is 440 g/mol. The van der Waals surface area contributed by atoms with E-state index in [4.69, 9.17) is 9.47 Å². The van der Waals surface area contributed by atoms with Gasteiger partial charge in [0.25, 0.3) is 0 Å². The van der Waals surface area contributed by atoms with Gasteiger partial charge < -0.3 is 9.47 Å². The molecule has 0 aliphatic rings. The summed E-state index contributed by atoms with van der Waals surface area (Å²) in [7, 11) is -6.88. The molecule has 2 rings (SSSR count). The van der Waals surface area contributed by atoms with Crippen molar-refractivity contribution in [3.05, 3.63) is 59.7 Å². The Bertz CT molecular complexity index is 1030. The molecule has 0 amide bonds. The highest BCUT2D eigenvalue weighted by Crippen LogP contribution is 2.13. The van der Waals surface area contributed by atoms with Crippen LogP contribution in [0.25, 0.3) is 0 Å². The minimum absolute atomic E-state index is 0.0113. The Morgan fingerprint density at radius 1 is 0.724 bits per heavy atom. The van der Waals surface area contributed by atoms with Gasteiger partial charge in [0.2, 0.25) is 0 Å². The number of ether oxygens (including phenoxy) is 2. The third-order valence-corrected chi connectivity index (χ3v) is 5.97. The molecule has 0 aliphatic heterocycles. The first kappa shape index (κ1) is 22.6. The lowest BCUT2D eigenvalue weighted by molar-refractivity contribution is 0.0395. The molecule has 0 aliphatic carbocycles. The third-order valence-electron chi connectivity index (χ3n) is 3.75. The first-order chi connectivity index (χ1) is 13.5. The molecule has 0 spiro atoms. The maximum absolute atomic E-state index is 12.0. The molecule has 0 radical (unpaired) electrons. The van der Waals surface area contributed by atoms with E-state index in [9.17, 15) is 26.4 Å². The van der Waals surface area contributed by atoms with Crippen LogP contribution in [0.1, 0.15) is 27.1 Å². The van der Waals surface area contributed by atoms with Gasteiger partial charge in [-0.1, -0.05) is 12.1 Å². The molecule has 0 bridgehead atoms. The van der Waals surface area contributed by atoms with E-state index in [1.54, 1.807) is 0 Å². The molecule has 0 unspecified atom stereocenters. The second-order valence-electron chi connectivity index (χ2n) is 6.23. The van der Waals surface area contributed by atoms with Gasteiger partial charge in [-0.05, 0) is 36.4 Å². The van der Waals surface area contributed by atoms with Gasteiger partial charge in [0.05, 0.1) is 34.1 Å². The van der Waals surface area contributed by atoms with E-state index in [-0.39, 0.29) is 40.6 Å². The van der Waals surface area contributed by atoms with Gasteiger partial charge in [0.15, 0.2) is 19.7 Å². The third kappa shape index (κ3) is 6.68. The second kappa shape index (κ2) is 9.19. The molecule has 0 N–H and O–H groups in total. The smallest absolute Gasteiger partial charge is 0.338 e. The van der Waals surface area contributed by atoms with Crippen LogP contribution >= 0.6 is 0 Å². The molecule has 156 valence electrons. The highest BCUT2D eigenvalue weighted by Gasteiger charge is 2.14. The second-order valence-corrected chi connectivity index (χ2v) is 10.3. The molecule has 0 aromatic heterocycles. The SMILES string of the molecule is CS(=O)(=O)c1cccc(C(=O)OCCCOC(=O)c2cccc(S(C)(=O)=O)c2)c1. The van der Waals surface area contributed by atoms with Crippen LogP contribution < -0.4 is 0 Å². The Labute approximate surface area is 169 Å². The number of carbonyl (C=O) groups excluding carboxylic acids is 2. The monoisotopic (exact) mass is 440 g/mol. The normalized spacial score (nSPS) is 11.7. The van der Waals surface area contributed by atoms with Gasteiger partial charge in [-0.25, -0.2) is 26.4 Å². The highest BCUT2D eigenvalue weighted by atomic mass is 32.2. The maximum atomic E-state index is 12.0. The lowest BCUT2D eigenvalue weighted by Gasteiger charge is -2.08. The zero-order chi connectivity index (χ0) is 21.7.